The van der Waals surface area contributed by atoms with E-state index >= 15 is 0 Å². The molecule has 0 unspecified atom stereocenters. The number of ketones is 1. The maximum atomic E-state index is 15.0. The van der Waals surface area contributed by atoms with Gasteiger partial charge in [-0.15, -0.1) is 0 Å². The summed E-state index contributed by atoms with van der Waals surface area (Å²) < 4.78 is 79.4. The zero-order valence-corrected chi connectivity index (χ0v) is 36.0. The van der Waals surface area contributed by atoms with Crippen molar-refractivity contribution in [3.63, 3.8) is 0 Å². The Bertz CT molecular complexity index is 2110. The van der Waals surface area contributed by atoms with Gasteiger partial charge in [-0.2, -0.15) is 0 Å². The zero-order chi connectivity index (χ0) is 43.3. The van der Waals surface area contributed by atoms with E-state index in [1.807, 2.05) is 26.0 Å². The van der Waals surface area contributed by atoms with Crippen LogP contribution < -0.4 is 18.9 Å². The van der Waals surface area contributed by atoms with Gasteiger partial charge in [0.25, 0.3) is 5.92 Å². The molecule has 0 spiro atoms. The predicted octanol–water partition coefficient (Wildman–Crippen LogP) is 6.56. The molecule has 2 saturated carbocycles. The van der Waals surface area contributed by atoms with Crippen molar-refractivity contribution in [2.24, 2.45) is 29.1 Å². The molecule has 324 valence electrons. The van der Waals surface area contributed by atoms with E-state index in [2.05, 4.69) is 9.71 Å². The first kappa shape index (κ1) is 44.2. The fraction of sp³-hybridized carbons (Fsp3) is 0.651. The quantitative estimate of drug-likeness (QED) is 0.192. The van der Waals surface area contributed by atoms with Crippen molar-refractivity contribution in [3.8, 4) is 17.4 Å². The molecule has 2 aromatic rings. The molecule has 1 N–H and O–H groups in total. The minimum atomic E-state index is -4.02. The topological polar surface area (TPSA) is 168 Å². The summed E-state index contributed by atoms with van der Waals surface area (Å²) in [6.45, 7) is 8.23. The Morgan fingerprint density at radius 1 is 1.05 bits per heavy atom. The van der Waals surface area contributed by atoms with Crippen LogP contribution in [-0.4, -0.2) is 91.0 Å². The van der Waals surface area contributed by atoms with Crippen LogP contribution in [0.15, 0.2) is 36.4 Å². The number of nitrogens with zero attached hydrogens (tertiary/aromatic N) is 2. The van der Waals surface area contributed by atoms with Crippen LogP contribution in [0.3, 0.4) is 0 Å². The van der Waals surface area contributed by atoms with Crippen molar-refractivity contribution in [3.05, 3.63) is 36.4 Å². The Balaban J connectivity index is 1.37. The number of amides is 2. The van der Waals surface area contributed by atoms with Crippen molar-refractivity contribution >= 4 is 44.5 Å². The van der Waals surface area contributed by atoms with Crippen LogP contribution >= 0.6 is 0 Å². The molecule has 4 aliphatic rings. The van der Waals surface area contributed by atoms with E-state index in [4.69, 9.17) is 18.9 Å². The largest absolute Gasteiger partial charge is 0.497 e. The molecule has 0 radical (unpaired) electrons. The number of ether oxygens (including phenoxy) is 4. The molecule has 59 heavy (non-hydrogen) atoms. The van der Waals surface area contributed by atoms with Crippen LogP contribution in [0.5, 0.6) is 17.4 Å². The molecule has 3 heterocycles. The van der Waals surface area contributed by atoms with E-state index in [0.717, 1.165) is 13.8 Å². The summed E-state index contributed by atoms with van der Waals surface area (Å²) in [7, 11) is -1.03. The van der Waals surface area contributed by atoms with Gasteiger partial charge in [0.2, 0.25) is 27.7 Å². The number of allylic oxidation sites excluding steroid dienone is 2. The number of sulfonamides is 1. The maximum absolute atomic E-state index is 15.0. The molecule has 1 aromatic heterocycles. The molecule has 0 bridgehead atoms. The second-order valence-corrected chi connectivity index (χ2v) is 20.2. The minimum absolute atomic E-state index is 0.0124. The standard InChI is InChI=1S/C43H57F2N3O10S/c1-25-11-9-10-12-27-22-43(27,39(52)47-59(53,54)41(5)15-16-41)23-34(49)33-19-29(57-35-21-36(56-8)46-32-18-28(55-7)13-14-30(32)35)24-48(33)38(51)31(26(2)17-25)20-37(50)58-40(3,4)42(6,44)45/h10,12-14,18,21,25-27,29,31,33H,9,11,15-17,19-20,22-24H2,1-8H3,(H,47,52)/b12-10-/t25-,26-,27-,29-,31+,33+,43-/m1/s1. The van der Waals surface area contributed by atoms with Crippen LogP contribution in [0.1, 0.15) is 99.3 Å². The molecule has 16 heteroatoms. The number of nitrogens with one attached hydrogen (secondary N) is 1. The molecule has 1 aromatic carbocycles. The lowest BCUT2D eigenvalue weighted by molar-refractivity contribution is -0.197. The average Bonchev–Trinajstić information content (AvgIpc) is 4.04. The summed E-state index contributed by atoms with van der Waals surface area (Å²) in [6, 6.07) is 5.70. The Morgan fingerprint density at radius 3 is 2.41 bits per heavy atom. The lowest BCUT2D eigenvalue weighted by atomic mass is 9.82. The van der Waals surface area contributed by atoms with Crippen molar-refractivity contribution in [2.75, 3.05) is 20.8 Å². The van der Waals surface area contributed by atoms with Crippen molar-refractivity contribution in [1.29, 1.82) is 0 Å². The first-order valence-corrected chi connectivity index (χ1v) is 21.9. The third-order valence-electron chi connectivity index (χ3n) is 13.1. The SMILES string of the molecule is COc1ccc2c(O[C@@H]3C[C@H]4C(=O)C[C@]5(C(=O)NS(=O)(=O)C6(C)CC6)C[C@H]5/C=C\CC[C@@H](C)C[C@@H](C)[C@H](CC(=O)OC(C)(C)C(C)(F)F)C(=O)N4C3)cc(OC)nc2c1. The number of carbonyl (C=O) groups is 4. The summed E-state index contributed by atoms with van der Waals surface area (Å²) in [5.74, 6) is -6.74. The van der Waals surface area contributed by atoms with E-state index < -0.39 is 91.6 Å². The number of esters is 1. The highest BCUT2D eigenvalue weighted by atomic mass is 32.2. The van der Waals surface area contributed by atoms with Crippen molar-refractivity contribution in [1.82, 2.24) is 14.6 Å². The van der Waals surface area contributed by atoms with Gasteiger partial charge in [0.15, 0.2) is 11.4 Å². The molecule has 2 aliphatic heterocycles. The van der Waals surface area contributed by atoms with E-state index in [0.29, 0.717) is 61.4 Å². The minimum Gasteiger partial charge on any atom is -0.497 e. The van der Waals surface area contributed by atoms with E-state index in [9.17, 15) is 36.4 Å². The second-order valence-electron chi connectivity index (χ2n) is 18.0. The molecule has 6 rings (SSSR count). The number of pyridine rings is 1. The number of carbonyl (C=O) groups excluding carboxylic acids is 4. The van der Waals surface area contributed by atoms with Crippen molar-refractivity contribution < 1.29 is 55.3 Å². The van der Waals surface area contributed by atoms with Gasteiger partial charge in [-0.05, 0) is 89.2 Å². The third kappa shape index (κ3) is 9.22. The van der Waals surface area contributed by atoms with Crippen LogP contribution in [0, 0.1) is 29.1 Å². The highest BCUT2D eigenvalue weighted by molar-refractivity contribution is 7.91. The number of aromatic nitrogens is 1. The van der Waals surface area contributed by atoms with Crippen LogP contribution in [0.4, 0.5) is 8.78 Å². The van der Waals surface area contributed by atoms with Gasteiger partial charge in [0.1, 0.15) is 17.6 Å². The number of methoxy groups -OCH3 is 2. The number of Topliss-reactive ketones (excluding diaryl/α,β-unsaturated/α-hetero) is 1. The summed E-state index contributed by atoms with van der Waals surface area (Å²) in [5.41, 5.74) is -3.00. The number of halogens is 2. The summed E-state index contributed by atoms with van der Waals surface area (Å²) in [6.07, 6.45) is 5.16. The van der Waals surface area contributed by atoms with Crippen molar-refractivity contribution in [2.45, 2.75) is 128 Å². The summed E-state index contributed by atoms with van der Waals surface area (Å²) >= 11 is 0. The molecule has 1 saturated heterocycles. The fourth-order valence-electron chi connectivity index (χ4n) is 8.34. The molecular weight excluding hydrogens is 789 g/mol. The molecule has 13 nitrogen and oxygen atoms in total. The molecule has 3 fully saturated rings. The number of alkyl halides is 2. The Morgan fingerprint density at radius 2 is 1.76 bits per heavy atom. The monoisotopic (exact) mass is 845 g/mol. The molecule has 2 amide bonds. The lowest BCUT2D eigenvalue weighted by Gasteiger charge is -2.34. The van der Waals surface area contributed by atoms with Gasteiger partial charge in [-0.3, -0.25) is 23.9 Å². The first-order chi connectivity index (χ1) is 27.5. The van der Waals surface area contributed by atoms with Gasteiger partial charge in [0, 0.05) is 37.3 Å². The van der Waals surface area contributed by atoms with E-state index in [1.165, 1.54) is 19.1 Å². The number of hydrogen-bond acceptors (Lipinski definition) is 11. The van der Waals surface area contributed by atoms with Gasteiger partial charge in [-0.1, -0.05) is 26.0 Å². The number of rotatable bonds is 11. The van der Waals surface area contributed by atoms with Gasteiger partial charge >= 0.3 is 5.97 Å². The Kier molecular flexibility index (Phi) is 12.2. The summed E-state index contributed by atoms with van der Waals surface area (Å²) in [4.78, 5) is 63.1. The molecular formula is C43H57F2N3O10S. The van der Waals surface area contributed by atoms with Crippen LogP contribution in [0.25, 0.3) is 10.9 Å². The second kappa shape index (κ2) is 16.3. The number of benzene rings is 1. The van der Waals surface area contributed by atoms with Crippen LogP contribution in [-0.2, 0) is 33.9 Å². The third-order valence-corrected chi connectivity index (χ3v) is 15.2. The smallest absolute Gasteiger partial charge is 0.307 e. The van der Waals surface area contributed by atoms with Gasteiger partial charge < -0.3 is 23.8 Å². The first-order valence-electron chi connectivity index (χ1n) is 20.4. The molecule has 2 aliphatic carbocycles. The maximum Gasteiger partial charge on any atom is 0.307 e. The Hall–Kier alpha value is -4.34. The zero-order valence-electron chi connectivity index (χ0n) is 35.1. The predicted molar refractivity (Wildman–Crippen MR) is 214 cm³/mol. The van der Waals surface area contributed by atoms with Gasteiger partial charge in [-0.25, -0.2) is 22.2 Å². The van der Waals surface area contributed by atoms with E-state index in [-0.39, 0.29) is 37.6 Å². The van der Waals surface area contributed by atoms with Crippen LogP contribution in [0.2, 0.25) is 0 Å². The highest BCUT2D eigenvalue weighted by Crippen LogP contribution is 2.58. The fourth-order valence-corrected chi connectivity index (χ4v) is 9.68. The summed E-state index contributed by atoms with van der Waals surface area (Å²) in [5, 5.41) is 0.612. The number of fused-ring (bicyclic) bond motifs is 3. The average molecular weight is 846 g/mol. The highest BCUT2D eigenvalue weighted by Gasteiger charge is 2.63. The Labute approximate surface area is 345 Å². The molecule has 7 atom stereocenters. The normalized spacial score (nSPS) is 29.3. The van der Waals surface area contributed by atoms with E-state index in [1.54, 1.807) is 31.2 Å². The number of hydrogen-bond donors (Lipinski definition) is 1. The lowest BCUT2D eigenvalue weighted by Crippen LogP contribution is -2.49. The van der Waals surface area contributed by atoms with Gasteiger partial charge in [0.05, 0.1) is 54.8 Å².